The Kier molecular flexibility index (Phi) is 6.15. The highest BCUT2D eigenvalue weighted by Gasteiger charge is 2.34. The molecule has 1 amide bonds. The van der Waals surface area contributed by atoms with Gasteiger partial charge in [0.2, 0.25) is 0 Å². The Balaban J connectivity index is 1.58. The summed E-state index contributed by atoms with van der Waals surface area (Å²) in [5.74, 6) is 0.591. The van der Waals surface area contributed by atoms with Gasteiger partial charge in [-0.3, -0.25) is 4.79 Å². The zero-order valence-corrected chi connectivity index (χ0v) is 17.0. The Hall–Kier alpha value is -1.94. The molecule has 1 atom stereocenters. The van der Waals surface area contributed by atoms with E-state index in [-0.39, 0.29) is 11.9 Å². The van der Waals surface area contributed by atoms with Crippen molar-refractivity contribution in [1.82, 2.24) is 4.31 Å². The van der Waals surface area contributed by atoms with E-state index >= 15 is 0 Å². The number of piperazine rings is 1. The third-order valence-electron chi connectivity index (χ3n) is 4.80. The van der Waals surface area contributed by atoms with Crippen LogP contribution >= 0.6 is 11.3 Å². The van der Waals surface area contributed by atoms with Crippen LogP contribution in [-0.2, 0) is 14.8 Å². The Labute approximate surface area is 163 Å². The van der Waals surface area contributed by atoms with Gasteiger partial charge in [0.15, 0.2) is 6.04 Å². The first-order valence-corrected chi connectivity index (χ1v) is 11.1. The second-order valence-electron chi connectivity index (χ2n) is 6.44. The SMILES string of the molecule is COc1cccc(NC(=O)[C@H](C)[NH+]2CCN(S(=O)(=O)c3cccs3)CC2)c1. The van der Waals surface area contributed by atoms with E-state index in [0.29, 0.717) is 41.8 Å². The van der Waals surface area contributed by atoms with Crippen LogP contribution in [0.4, 0.5) is 5.69 Å². The van der Waals surface area contributed by atoms with E-state index in [2.05, 4.69) is 5.32 Å². The van der Waals surface area contributed by atoms with Gasteiger partial charge in [0, 0.05) is 11.8 Å². The summed E-state index contributed by atoms with van der Waals surface area (Å²) in [7, 11) is -1.84. The fourth-order valence-electron chi connectivity index (χ4n) is 3.12. The molecule has 1 aliphatic heterocycles. The van der Waals surface area contributed by atoms with Crippen LogP contribution in [0.3, 0.4) is 0 Å². The molecule has 7 nitrogen and oxygen atoms in total. The highest BCUT2D eigenvalue weighted by molar-refractivity contribution is 7.91. The van der Waals surface area contributed by atoms with Gasteiger partial charge >= 0.3 is 0 Å². The predicted octanol–water partition coefficient (Wildman–Crippen LogP) is 0.673. The molecule has 0 saturated carbocycles. The number of nitrogens with zero attached hydrogens (tertiary/aromatic N) is 1. The highest BCUT2D eigenvalue weighted by atomic mass is 32.2. The summed E-state index contributed by atoms with van der Waals surface area (Å²) in [6, 6.07) is 10.3. The fraction of sp³-hybridized carbons (Fsp3) is 0.389. The zero-order chi connectivity index (χ0) is 19.4. The third kappa shape index (κ3) is 4.49. The average molecular weight is 411 g/mol. The van der Waals surface area contributed by atoms with E-state index in [1.807, 2.05) is 25.1 Å². The van der Waals surface area contributed by atoms with E-state index in [0.717, 1.165) is 4.90 Å². The van der Waals surface area contributed by atoms with Gasteiger partial charge < -0.3 is 15.0 Å². The van der Waals surface area contributed by atoms with E-state index in [9.17, 15) is 13.2 Å². The summed E-state index contributed by atoms with van der Waals surface area (Å²) >= 11 is 1.23. The van der Waals surface area contributed by atoms with E-state index in [1.165, 1.54) is 15.6 Å². The minimum absolute atomic E-state index is 0.0900. The second kappa shape index (κ2) is 8.39. The number of benzene rings is 1. The predicted molar refractivity (Wildman–Crippen MR) is 105 cm³/mol. The molecule has 1 aromatic carbocycles. The lowest BCUT2D eigenvalue weighted by molar-refractivity contribution is -0.917. The molecule has 2 heterocycles. The molecule has 2 aromatic rings. The molecule has 0 aliphatic carbocycles. The van der Waals surface area contributed by atoms with Crippen molar-refractivity contribution in [3.63, 3.8) is 0 Å². The van der Waals surface area contributed by atoms with Gasteiger partial charge in [-0.25, -0.2) is 8.42 Å². The monoisotopic (exact) mass is 410 g/mol. The largest absolute Gasteiger partial charge is 0.497 e. The minimum Gasteiger partial charge on any atom is -0.497 e. The second-order valence-corrected chi connectivity index (χ2v) is 9.55. The Morgan fingerprint density at radius 2 is 2.00 bits per heavy atom. The average Bonchev–Trinajstić information content (AvgIpc) is 3.23. The van der Waals surface area contributed by atoms with Gasteiger partial charge in [0.05, 0.1) is 33.3 Å². The highest BCUT2D eigenvalue weighted by Crippen LogP contribution is 2.20. The number of methoxy groups -OCH3 is 1. The van der Waals surface area contributed by atoms with E-state index in [4.69, 9.17) is 4.74 Å². The molecule has 146 valence electrons. The number of anilines is 1. The van der Waals surface area contributed by atoms with Crippen molar-refractivity contribution < 1.29 is 22.8 Å². The Morgan fingerprint density at radius 3 is 2.63 bits per heavy atom. The van der Waals surface area contributed by atoms with Crippen molar-refractivity contribution >= 4 is 33.0 Å². The number of amides is 1. The molecule has 0 unspecified atom stereocenters. The van der Waals surface area contributed by atoms with Gasteiger partial charge in [-0.2, -0.15) is 4.31 Å². The van der Waals surface area contributed by atoms with E-state index < -0.39 is 10.0 Å². The zero-order valence-electron chi connectivity index (χ0n) is 15.3. The van der Waals surface area contributed by atoms with Crippen LogP contribution in [0, 0.1) is 0 Å². The number of hydrogen-bond acceptors (Lipinski definition) is 5. The third-order valence-corrected chi connectivity index (χ3v) is 8.07. The molecular weight excluding hydrogens is 386 g/mol. The van der Waals surface area contributed by atoms with Crippen LogP contribution in [0.2, 0.25) is 0 Å². The van der Waals surface area contributed by atoms with Gasteiger partial charge in [0.1, 0.15) is 9.96 Å². The van der Waals surface area contributed by atoms with Crippen LogP contribution in [0.15, 0.2) is 46.0 Å². The number of sulfonamides is 1. The number of hydrogen-bond donors (Lipinski definition) is 2. The topological polar surface area (TPSA) is 80.2 Å². The van der Waals surface area contributed by atoms with Crippen molar-refractivity contribution in [1.29, 1.82) is 0 Å². The molecule has 0 spiro atoms. The van der Waals surface area contributed by atoms with Crippen LogP contribution in [0.5, 0.6) is 5.75 Å². The molecule has 9 heteroatoms. The number of thiophene rings is 1. The normalized spacial score (nSPS) is 17.4. The standard InChI is InChI=1S/C18H23N3O4S2/c1-14(18(22)19-15-5-3-6-16(13-15)25-2)20-8-10-21(11-9-20)27(23,24)17-7-4-12-26-17/h3-7,12-14H,8-11H2,1-2H3,(H,19,22)/p+1/t14-/m0/s1. The van der Waals surface area contributed by atoms with Gasteiger partial charge in [0.25, 0.3) is 15.9 Å². The van der Waals surface area contributed by atoms with Crippen LogP contribution in [0.1, 0.15) is 6.92 Å². The molecule has 0 radical (unpaired) electrons. The molecule has 1 aromatic heterocycles. The van der Waals surface area contributed by atoms with Crippen LogP contribution in [-0.4, -0.2) is 58.0 Å². The Morgan fingerprint density at radius 1 is 1.26 bits per heavy atom. The summed E-state index contributed by atoms with van der Waals surface area (Å²) in [6.07, 6.45) is 0. The quantitative estimate of drug-likeness (QED) is 0.734. The number of quaternary nitrogens is 1. The van der Waals surface area contributed by atoms with Crippen molar-refractivity contribution in [2.75, 3.05) is 38.6 Å². The fourth-order valence-corrected chi connectivity index (χ4v) is 5.71. The summed E-state index contributed by atoms with van der Waals surface area (Å²) in [5, 5.41) is 4.67. The van der Waals surface area contributed by atoms with Crippen molar-refractivity contribution in [3.05, 3.63) is 41.8 Å². The molecule has 3 rings (SSSR count). The first-order valence-electron chi connectivity index (χ1n) is 8.75. The number of ether oxygens (including phenoxy) is 1. The number of rotatable bonds is 6. The van der Waals surface area contributed by atoms with Crippen molar-refractivity contribution in [3.8, 4) is 5.75 Å². The van der Waals surface area contributed by atoms with Crippen LogP contribution < -0.4 is 15.0 Å². The number of carbonyl (C=O) groups is 1. The lowest BCUT2D eigenvalue weighted by atomic mass is 10.2. The van der Waals surface area contributed by atoms with Crippen LogP contribution in [0.25, 0.3) is 0 Å². The summed E-state index contributed by atoms with van der Waals surface area (Å²) in [6.45, 7) is 3.88. The summed E-state index contributed by atoms with van der Waals surface area (Å²) < 4.78 is 32.2. The maximum atomic E-state index is 12.6. The number of nitrogens with one attached hydrogen (secondary N) is 2. The molecular formula is C18H24N3O4S2+. The summed E-state index contributed by atoms with van der Waals surface area (Å²) in [5.41, 5.74) is 0.685. The Bertz CT molecular complexity index is 876. The summed E-state index contributed by atoms with van der Waals surface area (Å²) in [4.78, 5) is 13.7. The van der Waals surface area contributed by atoms with Crippen molar-refractivity contribution in [2.45, 2.75) is 17.2 Å². The molecule has 0 bridgehead atoms. The van der Waals surface area contributed by atoms with Crippen molar-refractivity contribution in [2.24, 2.45) is 0 Å². The molecule has 1 aliphatic rings. The van der Waals surface area contributed by atoms with Gasteiger partial charge in [-0.15, -0.1) is 11.3 Å². The van der Waals surface area contributed by atoms with Gasteiger partial charge in [-0.1, -0.05) is 12.1 Å². The number of carbonyl (C=O) groups excluding carboxylic acids is 1. The lowest BCUT2D eigenvalue weighted by Gasteiger charge is -2.33. The molecule has 27 heavy (non-hydrogen) atoms. The molecule has 1 saturated heterocycles. The minimum atomic E-state index is -3.42. The lowest BCUT2D eigenvalue weighted by Crippen LogP contribution is -3.19. The maximum absolute atomic E-state index is 12.6. The molecule has 2 N–H and O–H groups in total. The first kappa shape index (κ1) is 19.8. The smallest absolute Gasteiger partial charge is 0.282 e. The maximum Gasteiger partial charge on any atom is 0.282 e. The van der Waals surface area contributed by atoms with Gasteiger partial charge in [-0.05, 0) is 30.5 Å². The van der Waals surface area contributed by atoms with E-state index in [1.54, 1.807) is 30.7 Å². The molecule has 1 fully saturated rings. The first-order chi connectivity index (χ1) is 12.9.